The molecule has 1 heterocycles. The number of anilines is 1. The second-order valence-electron chi connectivity index (χ2n) is 5.98. The Morgan fingerprint density at radius 3 is 2.85 bits per heavy atom. The van der Waals surface area contributed by atoms with E-state index in [1.807, 2.05) is 5.38 Å². The lowest BCUT2D eigenvalue weighted by atomic mass is 9.88. The lowest BCUT2D eigenvalue weighted by Gasteiger charge is -2.21. The molecule has 1 atom stereocenters. The van der Waals surface area contributed by atoms with Gasteiger partial charge in [0, 0.05) is 16.8 Å². The van der Waals surface area contributed by atoms with Crippen molar-refractivity contribution in [3.05, 3.63) is 11.1 Å². The smallest absolute Gasteiger partial charge is 0.232 e. The van der Waals surface area contributed by atoms with Crippen molar-refractivity contribution in [1.29, 1.82) is 0 Å². The van der Waals surface area contributed by atoms with Crippen LogP contribution in [0.4, 0.5) is 5.13 Å². The van der Waals surface area contributed by atoms with Crippen LogP contribution in [-0.2, 0) is 4.79 Å². The SMILES string of the molecule is CCCNC(C)c1csc(NC(=O)C2(C)CCCC2)n1. The van der Waals surface area contributed by atoms with Crippen LogP contribution in [0.1, 0.15) is 64.6 Å². The minimum atomic E-state index is -0.197. The van der Waals surface area contributed by atoms with Crippen LogP contribution in [0.3, 0.4) is 0 Å². The molecule has 1 fully saturated rings. The van der Waals surface area contributed by atoms with E-state index >= 15 is 0 Å². The van der Waals surface area contributed by atoms with Gasteiger partial charge < -0.3 is 10.6 Å². The second-order valence-corrected chi connectivity index (χ2v) is 6.83. The van der Waals surface area contributed by atoms with Crippen molar-refractivity contribution in [2.45, 2.75) is 58.9 Å². The Bertz CT molecular complexity index is 452. The Kier molecular flexibility index (Phi) is 5.16. The first kappa shape index (κ1) is 15.4. The van der Waals surface area contributed by atoms with E-state index < -0.39 is 0 Å². The van der Waals surface area contributed by atoms with Crippen molar-refractivity contribution >= 4 is 22.4 Å². The molecule has 0 saturated heterocycles. The predicted octanol–water partition coefficient (Wildman–Crippen LogP) is 3.72. The van der Waals surface area contributed by atoms with Gasteiger partial charge in [0.2, 0.25) is 5.91 Å². The average Bonchev–Trinajstić information content (AvgIpc) is 3.06. The van der Waals surface area contributed by atoms with Gasteiger partial charge in [0.1, 0.15) is 0 Å². The largest absolute Gasteiger partial charge is 0.309 e. The van der Waals surface area contributed by atoms with E-state index in [1.165, 1.54) is 11.3 Å². The Hall–Kier alpha value is -0.940. The van der Waals surface area contributed by atoms with Crippen LogP contribution in [0.25, 0.3) is 0 Å². The van der Waals surface area contributed by atoms with E-state index in [4.69, 9.17) is 0 Å². The Balaban J connectivity index is 1.94. The molecule has 4 nitrogen and oxygen atoms in total. The molecule has 0 aliphatic heterocycles. The van der Waals surface area contributed by atoms with Gasteiger partial charge in [-0.05, 0) is 32.7 Å². The molecule has 1 aliphatic carbocycles. The van der Waals surface area contributed by atoms with E-state index in [-0.39, 0.29) is 17.4 Å². The monoisotopic (exact) mass is 295 g/mol. The van der Waals surface area contributed by atoms with Crippen LogP contribution in [0.2, 0.25) is 0 Å². The highest BCUT2D eigenvalue weighted by Crippen LogP contribution is 2.38. The number of carbonyl (C=O) groups excluding carboxylic acids is 1. The van der Waals surface area contributed by atoms with Crippen molar-refractivity contribution in [2.24, 2.45) is 5.41 Å². The molecule has 0 radical (unpaired) electrons. The van der Waals surface area contributed by atoms with Gasteiger partial charge in [0.05, 0.1) is 5.69 Å². The first-order chi connectivity index (χ1) is 9.55. The number of thiazole rings is 1. The van der Waals surface area contributed by atoms with Gasteiger partial charge in [-0.15, -0.1) is 11.3 Å². The Morgan fingerprint density at radius 1 is 1.50 bits per heavy atom. The maximum absolute atomic E-state index is 12.3. The minimum Gasteiger partial charge on any atom is -0.309 e. The summed E-state index contributed by atoms with van der Waals surface area (Å²) < 4.78 is 0. The second kappa shape index (κ2) is 6.68. The molecule has 2 N–H and O–H groups in total. The van der Waals surface area contributed by atoms with Crippen molar-refractivity contribution in [1.82, 2.24) is 10.3 Å². The first-order valence-electron chi connectivity index (χ1n) is 7.55. The fraction of sp³-hybridized carbons (Fsp3) is 0.733. The van der Waals surface area contributed by atoms with Crippen molar-refractivity contribution in [2.75, 3.05) is 11.9 Å². The third kappa shape index (κ3) is 3.58. The summed E-state index contributed by atoms with van der Waals surface area (Å²) in [4.78, 5) is 16.9. The number of amides is 1. The molecule has 112 valence electrons. The summed E-state index contributed by atoms with van der Waals surface area (Å²) in [5.74, 6) is 0.130. The zero-order valence-corrected chi connectivity index (χ0v) is 13.5. The van der Waals surface area contributed by atoms with Gasteiger partial charge in [0.25, 0.3) is 0 Å². The highest BCUT2D eigenvalue weighted by atomic mass is 32.1. The van der Waals surface area contributed by atoms with E-state index in [0.717, 1.165) is 49.5 Å². The zero-order chi connectivity index (χ0) is 14.6. The van der Waals surface area contributed by atoms with Crippen LogP contribution in [0.5, 0.6) is 0 Å². The first-order valence-corrected chi connectivity index (χ1v) is 8.43. The van der Waals surface area contributed by atoms with Crippen LogP contribution >= 0.6 is 11.3 Å². The summed E-state index contributed by atoms with van der Waals surface area (Å²) in [5, 5.41) is 9.16. The van der Waals surface area contributed by atoms with Crippen molar-refractivity contribution < 1.29 is 4.79 Å². The normalized spacial score (nSPS) is 18.9. The fourth-order valence-corrected chi connectivity index (χ4v) is 3.44. The van der Waals surface area contributed by atoms with Crippen molar-refractivity contribution in [3.8, 4) is 0 Å². The summed E-state index contributed by atoms with van der Waals surface area (Å²) >= 11 is 1.51. The van der Waals surface area contributed by atoms with E-state index in [9.17, 15) is 4.79 Å². The van der Waals surface area contributed by atoms with Crippen molar-refractivity contribution in [3.63, 3.8) is 0 Å². The molecule has 1 amide bonds. The number of hydrogen-bond acceptors (Lipinski definition) is 4. The minimum absolute atomic E-state index is 0.130. The van der Waals surface area contributed by atoms with Crippen LogP contribution < -0.4 is 10.6 Å². The highest BCUT2D eigenvalue weighted by Gasteiger charge is 2.36. The number of aromatic nitrogens is 1. The van der Waals surface area contributed by atoms with E-state index in [1.54, 1.807) is 0 Å². The number of hydrogen-bond donors (Lipinski definition) is 2. The quantitative estimate of drug-likeness (QED) is 0.841. The summed E-state index contributed by atoms with van der Waals surface area (Å²) in [6, 6.07) is 0.235. The zero-order valence-electron chi connectivity index (χ0n) is 12.7. The molecular formula is C15H25N3OS. The lowest BCUT2D eigenvalue weighted by molar-refractivity contribution is -0.124. The van der Waals surface area contributed by atoms with Gasteiger partial charge in [-0.2, -0.15) is 0 Å². The summed E-state index contributed by atoms with van der Waals surface area (Å²) in [6.07, 6.45) is 5.41. The molecule has 1 saturated carbocycles. The molecule has 0 bridgehead atoms. The molecule has 1 aromatic heterocycles. The van der Waals surface area contributed by atoms with Gasteiger partial charge in [-0.25, -0.2) is 4.98 Å². The molecule has 0 spiro atoms. The molecule has 20 heavy (non-hydrogen) atoms. The number of nitrogens with one attached hydrogen (secondary N) is 2. The molecule has 1 aromatic rings. The Labute approximate surface area is 125 Å². The lowest BCUT2D eigenvalue weighted by Crippen LogP contribution is -2.30. The number of nitrogens with zero attached hydrogens (tertiary/aromatic N) is 1. The summed E-state index contributed by atoms with van der Waals surface area (Å²) in [5.41, 5.74) is 0.813. The highest BCUT2D eigenvalue weighted by molar-refractivity contribution is 7.13. The third-order valence-corrected chi connectivity index (χ3v) is 4.92. The predicted molar refractivity (Wildman–Crippen MR) is 84.0 cm³/mol. The van der Waals surface area contributed by atoms with Gasteiger partial charge in [-0.1, -0.05) is 26.7 Å². The number of rotatable bonds is 6. The topological polar surface area (TPSA) is 54.0 Å². The maximum atomic E-state index is 12.3. The molecule has 5 heteroatoms. The average molecular weight is 295 g/mol. The molecule has 1 unspecified atom stereocenters. The maximum Gasteiger partial charge on any atom is 0.232 e. The molecule has 1 aliphatic rings. The summed E-state index contributed by atoms with van der Waals surface area (Å²) in [6.45, 7) is 7.30. The standard InChI is InChI=1S/C15H25N3OS/c1-4-9-16-11(2)12-10-20-14(17-12)18-13(19)15(3)7-5-6-8-15/h10-11,16H,4-9H2,1-3H3,(H,17,18,19). The van der Waals surface area contributed by atoms with Gasteiger partial charge >= 0.3 is 0 Å². The van der Waals surface area contributed by atoms with Gasteiger partial charge in [-0.3, -0.25) is 4.79 Å². The number of carbonyl (C=O) groups is 1. The third-order valence-electron chi connectivity index (χ3n) is 4.14. The van der Waals surface area contributed by atoms with E-state index in [0.29, 0.717) is 0 Å². The summed E-state index contributed by atoms with van der Waals surface area (Å²) in [7, 11) is 0. The molecule has 2 rings (SSSR count). The van der Waals surface area contributed by atoms with E-state index in [2.05, 4.69) is 36.4 Å². The van der Waals surface area contributed by atoms with Gasteiger partial charge in [0.15, 0.2) is 5.13 Å². The van der Waals surface area contributed by atoms with Crippen LogP contribution in [0.15, 0.2) is 5.38 Å². The van der Waals surface area contributed by atoms with Crippen LogP contribution in [-0.4, -0.2) is 17.4 Å². The molecule has 0 aromatic carbocycles. The molecular weight excluding hydrogens is 270 g/mol. The van der Waals surface area contributed by atoms with Crippen LogP contribution in [0, 0.1) is 5.41 Å². The Morgan fingerprint density at radius 2 is 2.20 bits per heavy atom. The fourth-order valence-electron chi connectivity index (χ4n) is 2.64.